The minimum Gasteiger partial charge on any atom is -0.310 e. The summed E-state index contributed by atoms with van der Waals surface area (Å²) in [4.78, 5) is 0. The summed E-state index contributed by atoms with van der Waals surface area (Å²) >= 11 is 5.34. The van der Waals surface area contributed by atoms with Gasteiger partial charge in [-0.15, -0.1) is 0 Å². The third-order valence-electron chi connectivity index (χ3n) is 2.84. The molecule has 0 saturated heterocycles. The summed E-state index contributed by atoms with van der Waals surface area (Å²) in [5.74, 6) is 0. The zero-order valence-corrected chi connectivity index (χ0v) is 12.4. The van der Waals surface area contributed by atoms with Crippen molar-refractivity contribution < 1.29 is 0 Å². The summed E-state index contributed by atoms with van der Waals surface area (Å²) in [6, 6.07) is 8.97. The highest BCUT2D eigenvalue weighted by Gasteiger charge is 2.12. The number of benzene rings is 1. The Morgan fingerprint density at radius 3 is 2.65 bits per heavy atom. The molecule has 2 rings (SSSR count). The fraction of sp³-hybridized carbons (Fsp3) is 0.286. The minimum absolute atomic E-state index is 0.378. The Balaban J connectivity index is 2.44. The van der Waals surface area contributed by atoms with Crippen LogP contribution < -0.4 is 5.32 Å². The Bertz CT molecular complexity index is 492. The van der Waals surface area contributed by atoms with E-state index in [2.05, 4.69) is 70.1 Å². The third kappa shape index (κ3) is 2.79. The normalized spacial score (nSPS) is 12.6. The molecule has 1 N–H and O–H groups in total. The number of hydrogen-bond donors (Lipinski definition) is 1. The lowest BCUT2D eigenvalue weighted by Gasteiger charge is -2.17. The van der Waals surface area contributed by atoms with E-state index in [0.29, 0.717) is 6.04 Å². The lowest BCUT2D eigenvalue weighted by atomic mass is 9.97. The first-order valence-corrected chi connectivity index (χ1v) is 7.52. The van der Waals surface area contributed by atoms with Gasteiger partial charge in [0.1, 0.15) is 0 Å². The van der Waals surface area contributed by atoms with Crippen LogP contribution in [0.3, 0.4) is 0 Å². The molecule has 3 heteroatoms. The van der Waals surface area contributed by atoms with Crippen molar-refractivity contribution in [1.29, 1.82) is 0 Å². The summed E-state index contributed by atoms with van der Waals surface area (Å²) in [7, 11) is 0. The molecule has 0 aliphatic heterocycles. The summed E-state index contributed by atoms with van der Waals surface area (Å²) in [5.41, 5.74) is 3.96. The van der Waals surface area contributed by atoms with Gasteiger partial charge in [0.05, 0.1) is 0 Å². The topological polar surface area (TPSA) is 12.0 Å². The Kier molecular flexibility index (Phi) is 4.37. The molecule has 17 heavy (non-hydrogen) atoms. The number of hydrogen-bond acceptors (Lipinski definition) is 2. The van der Waals surface area contributed by atoms with Crippen LogP contribution in [0.4, 0.5) is 0 Å². The summed E-state index contributed by atoms with van der Waals surface area (Å²) in [5, 5.41) is 7.80. The average molecular weight is 310 g/mol. The minimum atomic E-state index is 0.378. The van der Waals surface area contributed by atoms with Crippen molar-refractivity contribution >= 4 is 27.3 Å². The van der Waals surface area contributed by atoms with Crippen molar-refractivity contribution in [3.8, 4) is 11.1 Å². The van der Waals surface area contributed by atoms with Crippen molar-refractivity contribution in [2.45, 2.75) is 19.9 Å². The van der Waals surface area contributed by atoms with Gasteiger partial charge in [0.15, 0.2) is 0 Å². The fourth-order valence-electron chi connectivity index (χ4n) is 2.01. The van der Waals surface area contributed by atoms with Crippen LogP contribution in [-0.4, -0.2) is 6.54 Å². The zero-order valence-electron chi connectivity index (χ0n) is 10.0. The molecule has 1 atom stereocenters. The average Bonchev–Trinajstić information content (AvgIpc) is 2.76. The standard InChI is InChI=1S/C14H16BrNS/c1-3-16-10(2)11-6-4-5-7-12(11)13-8-17-9-14(13)15/h4-10,16H,3H2,1-2H3. The first-order chi connectivity index (χ1) is 8.24. The van der Waals surface area contributed by atoms with Crippen molar-refractivity contribution in [2.24, 2.45) is 0 Å². The molecule has 0 bridgehead atoms. The van der Waals surface area contributed by atoms with Crippen molar-refractivity contribution in [3.63, 3.8) is 0 Å². The molecule has 0 saturated carbocycles. The lowest BCUT2D eigenvalue weighted by molar-refractivity contribution is 0.599. The lowest BCUT2D eigenvalue weighted by Crippen LogP contribution is -2.18. The highest BCUT2D eigenvalue weighted by atomic mass is 79.9. The van der Waals surface area contributed by atoms with Crippen LogP contribution in [0.2, 0.25) is 0 Å². The van der Waals surface area contributed by atoms with Gasteiger partial charge in [0, 0.05) is 21.5 Å². The van der Waals surface area contributed by atoms with Gasteiger partial charge in [0.2, 0.25) is 0 Å². The van der Waals surface area contributed by atoms with Crippen LogP contribution >= 0.6 is 27.3 Å². The van der Waals surface area contributed by atoms with E-state index < -0.39 is 0 Å². The van der Waals surface area contributed by atoms with Gasteiger partial charge >= 0.3 is 0 Å². The molecule has 0 fully saturated rings. The third-order valence-corrected chi connectivity index (χ3v) is 4.55. The number of nitrogens with one attached hydrogen (secondary N) is 1. The molecule has 1 heterocycles. The SMILES string of the molecule is CCNC(C)c1ccccc1-c1cscc1Br. The van der Waals surface area contributed by atoms with Gasteiger partial charge in [-0.1, -0.05) is 31.2 Å². The largest absolute Gasteiger partial charge is 0.310 e. The maximum absolute atomic E-state index is 3.62. The van der Waals surface area contributed by atoms with Crippen LogP contribution in [0.25, 0.3) is 11.1 Å². The van der Waals surface area contributed by atoms with E-state index in [1.807, 2.05) is 0 Å². The maximum atomic E-state index is 3.62. The van der Waals surface area contributed by atoms with Gasteiger partial charge in [-0.25, -0.2) is 0 Å². The molecule has 0 aliphatic carbocycles. The summed E-state index contributed by atoms with van der Waals surface area (Å²) in [6.45, 7) is 5.34. The van der Waals surface area contributed by atoms with E-state index in [9.17, 15) is 0 Å². The summed E-state index contributed by atoms with van der Waals surface area (Å²) < 4.78 is 1.18. The van der Waals surface area contributed by atoms with Crippen LogP contribution in [0.1, 0.15) is 25.5 Å². The van der Waals surface area contributed by atoms with Gasteiger partial charge in [0.25, 0.3) is 0 Å². The van der Waals surface area contributed by atoms with Gasteiger partial charge < -0.3 is 5.32 Å². The van der Waals surface area contributed by atoms with E-state index in [-0.39, 0.29) is 0 Å². The number of rotatable bonds is 4. The molecular formula is C14H16BrNS. The van der Waals surface area contributed by atoms with Gasteiger partial charge in [-0.05, 0) is 45.9 Å². The molecular weight excluding hydrogens is 294 g/mol. The van der Waals surface area contributed by atoms with E-state index in [0.717, 1.165) is 6.54 Å². The Hall–Kier alpha value is -0.640. The summed E-state index contributed by atoms with van der Waals surface area (Å²) in [6.07, 6.45) is 0. The second-order valence-electron chi connectivity index (χ2n) is 4.00. The highest BCUT2D eigenvalue weighted by Crippen LogP contribution is 2.35. The molecule has 90 valence electrons. The Morgan fingerprint density at radius 2 is 2.00 bits per heavy atom. The first kappa shape index (κ1) is 12.8. The smallest absolute Gasteiger partial charge is 0.0360 e. The van der Waals surface area contributed by atoms with Crippen LogP contribution in [0.5, 0.6) is 0 Å². The van der Waals surface area contributed by atoms with Gasteiger partial charge in [-0.3, -0.25) is 0 Å². The molecule has 0 aliphatic rings. The van der Waals surface area contributed by atoms with E-state index in [1.54, 1.807) is 11.3 Å². The van der Waals surface area contributed by atoms with E-state index >= 15 is 0 Å². The van der Waals surface area contributed by atoms with Gasteiger partial charge in [-0.2, -0.15) is 11.3 Å². The fourth-order valence-corrected chi connectivity index (χ4v) is 3.52. The molecule has 0 radical (unpaired) electrons. The maximum Gasteiger partial charge on any atom is 0.0360 e. The second-order valence-corrected chi connectivity index (χ2v) is 5.60. The second kappa shape index (κ2) is 5.80. The first-order valence-electron chi connectivity index (χ1n) is 5.78. The van der Waals surface area contributed by atoms with E-state index in [4.69, 9.17) is 0 Å². The predicted octanol–water partition coefficient (Wildman–Crippen LogP) is 4.85. The molecule has 0 amide bonds. The highest BCUT2D eigenvalue weighted by molar-refractivity contribution is 9.10. The molecule has 0 spiro atoms. The van der Waals surface area contributed by atoms with Crippen LogP contribution in [0, 0.1) is 0 Å². The van der Waals surface area contributed by atoms with Crippen LogP contribution in [0.15, 0.2) is 39.5 Å². The molecule has 1 aromatic heterocycles. The van der Waals surface area contributed by atoms with E-state index in [1.165, 1.54) is 21.2 Å². The monoisotopic (exact) mass is 309 g/mol. The Morgan fingerprint density at radius 1 is 1.24 bits per heavy atom. The van der Waals surface area contributed by atoms with Crippen molar-refractivity contribution in [1.82, 2.24) is 5.32 Å². The van der Waals surface area contributed by atoms with Crippen molar-refractivity contribution in [3.05, 3.63) is 45.1 Å². The quantitative estimate of drug-likeness (QED) is 0.851. The molecule has 1 unspecified atom stereocenters. The van der Waals surface area contributed by atoms with Crippen molar-refractivity contribution in [2.75, 3.05) is 6.54 Å². The molecule has 1 nitrogen and oxygen atoms in total. The number of thiophene rings is 1. The molecule has 1 aromatic carbocycles. The predicted molar refractivity (Wildman–Crippen MR) is 79.5 cm³/mol. The number of halogens is 1. The zero-order chi connectivity index (χ0) is 12.3. The van der Waals surface area contributed by atoms with Crippen LogP contribution in [-0.2, 0) is 0 Å². The Labute approximate surface area is 115 Å². The molecule has 2 aromatic rings.